The first-order chi connectivity index (χ1) is 24.9. The fourth-order valence-corrected chi connectivity index (χ4v) is 4.80. The summed E-state index contributed by atoms with van der Waals surface area (Å²) in [4.78, 5) is 53.9. The number of nitriles is 2. The fraction of sp³-hybridized carbons (Fsp3) is 0.176. The Morgan fingerprint density at radius 3 is 1.81 bits per heavy atom. The number of carbonyl (C=O) groups is 4. The molecule has 0 aromatic heterocycles. The number of nitrogens with zero attached hydrogens (tertiary/aromatic N) is 4. The van der Waals surface area contributed by atoms with E-state index >= 15 is 0 Å². The van der Waals surface area contributed by atoms with E-state index in [1.54, 1.807) is 30.3 Å². The molecule has 52 heavy (non-hydrogen) atoms. The Kier molecular flexibility index (Phi) is 13.9. The minimum Gasteiger partial charge on any atom is -0.491 e. The molecule has 3 aromatic carbocycles. The zero-order chi connectivity index (χ0) is 38.3. The van der Waals surface area contributed by atoms with E-state index in [1.807, 2.05) is 0 Å². The summed E-state index contributed by atoms with van der Waals surface area (Å²) in [5, 5.41) is 19.0. The smallest absolute Gasteiger partial charge is 0.339 e. The van der Waals surface area contributed by atoms with Crippen LogP contribution < -0.4 is 19.9 Å². The summed E-state index contributed by atoms with van der Waals surface area (Å²) < 4.78 is 63.4. The molecule has 0 aliphatic heterocycles. The molecule has 0 radical (unpaired) electrons. The van der Waals surface area contributed by atoms with Crippen molar-refractivity contribution in [1.29, 1.82) is 10.5 Å². The highest BCUT2D eigenvalue weighted by Crippen LogP contribution is 2.19. The number of esters is 3. The highest BCUT2D eigenvalue weighted by atomic mass is 32.2. The normalized spacial score (nSPS) is 11.5. The van der Waals surface area contributed by atoms with Gasteiger partial charge in [-0.15, -0.1) is 0 Å². The first-order valence-corrected chi connectivity index (χ1v) is 15.8. The first kappa shape index (κ1) is 39.2. The molecule has 1 N–H and O–H groups in total. The fourth-order valence-electron chi connectivity index (χ4n) is 4.30. The van der Waals surface area contributed by atoms with Crippen molar-refractivity contribution in [3.63, 3.8) is 0 Å². The highest BCUT2D eigenvalue weighted by molar-refractivity contribution is 7.85. The number of benzene rings is 3. The zero-order valence-electron chi connectivity index (χ0n) is 26.9. The van der Waals surface area contributed by atoms with E-state index in [2.05, 4.69) is 14.4 Å². The van der Waals surface area contributed by atoms with Gasteiger partial charge in [0, 0.05) is 16.0 Å². The van der Waals surface area contributed by atoms with Gasteiger partial charge in [-0.2, -0.15) is 8.42 Å². The minimum atomic E-state index is -4.73. The summed E-state index contributed by atoms with van der Waals surface area (Å²) in [6, 6.07) is 14.5. The molecule has 0 fully saturated rings. The van der Waals surface area contributed by atoms with Crippen LogP contribution in [0.1, 0.15) is 36.6 Å². The molecule has 0 saturated heterocycles. The summed E-state index contributed by atoms with van der Waals surface area (Å²) in [6.45, 7) is 13.4. The second-order valence-electron chi connectivity index (χ2n) is 9.70. The SMILES string of the molecule is [C-]#[N+]C(C#N)=c1cc(OCCOC(=O)c2ccc(S(=O)(=O)O)cc2C(=O)OC)c(=C(C#N)[N+]#[C-])cc1OCCOC(=O)c1ccccc1COC=O. The van der Waals surface area contributed by atoms with Crippen LogP contribution in [0.4, 0.5) is 0 Å². The topological polar surface area (TPSA) is 234 Å². The van der Waals surface area contributed by atoms with Crippen molar-refractivity contribution in [3.8, 4) is 23.6 Å². The third-order valence-corrected chi connectivity index (χ3v) is 7.48. The van der Waals surface area contributed by atoms with E-state index < -0.39 is 68.7 Å². The van der Waals surface area contributed by atoms with Crippen LogP contribution in [0.5, 0.6) is 11.5 Å². The molecule has 0 unspecified atom stereocenters. The molecule has 0 amide bonds. The van der Waals surface area contributed by atoms with Crippen molar-refractivity contribution in [3.05, 3.63) is 110 Å². The van der Waals surface area contributed by atoms with Crippen LogP contribution in [-0.2, 0) is 40.5 Å². The predicted molar refractivity (Wildman–Crippen MR) is 173 cm³/mol. The quantitative estimate of drug-likeness (QED) is 0.0588. The third kappa shape index (κ3) is 9.90. The van der Waals surface area contributed by atoms with Crippen molar-refractivity contribution in [1.82, 2.24) is 0 Å². The van der Waals surface area contributed by atoms with Crippen molar-refractivity contribution in [2.75, 3.05) is 33.5 Å². The van der Waals surface area contributed by atoms with Crippen molar-refractivity contribution < 1.29 is 60.6 Å². The average Bonchev–Trinajstić information content (AvgIpc) is 3.15. The van der Waals surface area contributed by atoms with Crippen LogP contribution in [0, 0.1) is 35.8 Å². The van der Waals surface area contributed by atoms with Gasteiger partial charge < -0.3 is 28.4 Å². The summed E-state index contributed by atoms with van der Waals surface area (Å²) in [7, 11) is -3.74. The molecule has 0 heterocycles. The number of methoxy groups -OCH3 is 1. The van der Waals surface area contributed by atoms with Crippen LogP contribution in [0.2, 0.25) is 0 Å². The van der Waals surface area contributed by atoms with Crippen LogP contribution in [0.3, 0.4) is 0 Å². The third-order valence-electron chi connectivity index (χ3n) is 6.63. The lowest BCUT2D eigenvalue weighted by atomic mass is 10.1. The van der Waals surface area contributed by atoms with E-state index in [4.69, 9.17) is 36.8 Å². The van der Waals surface area contributed by atoms with Gasteiger partial charge >= 0.3 is 17.9 Å². The molecule has 0 atom stereocenters. The Bertz CT molecular complexity index is 2280. The standard InChI is InChI=1S/C34H24N4O13S/c1-37-28(17-35)26-16-31(49-11-13-51-34(42)24-9-8-22(52(43,44)45)14-25(24)32(40)46-3)27(29(18-36)38-2)15-30(26)48-10-12-50-33(41)23-7-5-4-6-21(23)19-47-20-39/h4-9,14-16,20H,10-13,19H2,3H3,(H,43,44,45). The Morgan fingerprint density at radius 2 is 1.33 bits per heavy atom. The molecule has 0 aliphatic rings. The molecule has 18 heteroatoms. The lowest BCUT2D eigenvalue weighted by molar-refractivity contribution is -0.129. The Labute approximate surface area is 295 Å². The van der Waals surface area contributed by atoms with E-state index in [0.717, 1.165) is 31.4 Å². The van der Waals surface area contributed by atoms with Crippen molar-refractivity contribution in [2.45, 2.75) is 11.5 Å². The second-order valence-corrected chi connectivity index (χ2v) is 11.1. The van der Waals surface area contributed by atoms with E-state index in [0.29, 0.717) is 5.56 Å². The van der Waals surface area contributed by atoms with Gasteiger partial charge in [0.1, 0.15) is 44.5 Å². The maximum atomic E-state index is 12.8. The van der Waals surface area contributed by atoms with Crippen LogP contribution in [0.15, 0.2) is 59.5 Å². The maximum absolute atomic E-state index is 12.8. The van der Waals surface area contributed by atoms with Crippen molar-refractivity contribution >= 4 is 45.9 Å². The van der Waals surface area contributed by atoms with E-state index in [-0.39, 0.29) is 53.8 Å². The summed E-state index contributed by atoms with van der Waals surface area (Å²) in [6.07, 6.45) is 0. The van der Waals surface area contributed by atoms with Crippen LogP contribution >= 0.6 is 0 Å². The van der Waals surface area contributed by atoms with Gasteiger partial charge in [0.2, 0.25) is 0 Å². The molecule has 0 spiro atoms. The lowest BCUT2D eigenvalue weighted by Gasteiger charge is -2.13. The molecule has 3 rings (SSSR count). The molecule has 0 aliphatic carbocycles. The summed E-state index contributed by atoms with van der Waals surface area (Å²) in [5.74, 6) is -3.28. The molecular formula is C34H24N4O13S. The molecule has 3 aromatic rings. The summed E-state index contributed by atoms with van der Waals surface area (Å²) >= 11 is 0. The molecule has 0 saturated carbocycles. The van der Waals surface area contributed by atoms with Gasteiger partial charge in [-0.25, -0.2) is 34.6 Å². The highest BCUT2D eigenvalue weighted by Gasteiger charge is 2.23. The monoisotopic (exact) mass is 728 g/mol. The molecule has 0 bridgehead atoms. The number of hydrogen-bond donors (Lipinski definition) is 1. The van der Waals surface area contributed by atoms with Gasteiger partial charge in [0.15, 0.2) is 0 Å². The number of rotatable bonds is 15. The van der Waals surface area contributed by atoms with Gasteiger partial charge in [0.05, 0.1) is 54.0 Å². The lowest BCUT2D eigenvalue weighted by Crippen LogP contribution is -2.23. The predicted octanol–water partition coefficient (Wildman–Crippen LogP) is 1.97. The minimum absolute atomic E-state index is 0.111. The zero-order valence-corrected chi connectivity index (χ0v) is 27.7. The van der Waals surface area contributed by atoms with Gasteiger partial charge in [-0.3, -0.25) is 9.35 Å². The Balaban J connectivity index is 1.84. The maximum Gasteiger partial charge on any atom is 0.339 e. The average molecular weight is 729 g/mol. The first-order valence-electron chi connectivity index (χ1n) is 14.3. The van der Waals surface area contributed by atoms with Gasteiger partial charge in [0.25, 0.3) is 28.0 Å². The van der Waals surface area contributed by atoms with E-state index in [9.17, 15) is 42.7 Å². The molecular weight excluding hydrogens is 704 g/mol. The van der Waals surface area contributed by atoms with E-state index in [1.165, 1.54) is 12.1 Å². The van der Waals surface area contributed by atoms with Crippen LogP contribution in [-0.4, -0.2) is 70.9 Å². The molecule has 17 nitrogen and oxygen atoms in total. The van der Waals surface area contributed by atoms with Crippen molar-refractivity contribution in [2.24, 2.45) is 0 Å². The van der Waals surface area contributed by atoms with Gasteiger partial charge in [-0.1, -0.05) is 18.2 Å². The molecule has 264 valence electrons. The Hall–Kier alpha value is -7.25. The second kappa shape index (κ2) is 18.5. The van der Waals surface area contributed by atoms with Gasteiger partial charge in [-0.05, 0) is 36.4 Å². The van der Waals surface area contributed by atoms with Crippen LogP contribution in [0.25, 0.3) is 21.1 Å². The Morgan fingerprint density at radius 1 is 0.788 bits per heavy atom. The number of carbonyl (C=O) groups excluding carboxylic acids is 4. The number of ether oxygens (including phenoxy) is 6. The largest absolute Gasteiger partial charge is 0.491 e. The number of hydrogen-bond acceptors (Lipinski definition) is 14. The summed E-state index contributed by atoms with van der Waals surface area (Å²) in [5.41, 5.74) is -1.34.